The molecule has 8 nitrogen and oxygen atoms in total. The Morgan fingerprint density at radius 2 is 1.94 bits per heavy atom. The molecule has 0 bridgehead atoms. The molecule has 182 valence electrons. The van der Waals surface area contributed by atoms with E-state index >= 15 is 0 Å². The molecule has 0 saturated carbocycles. The normalized spacial score (nSPS) is 12.6. The molecule has 3 N–H and O–H groups in total. The van der Waals surface area contributed by atoms with Crippen LogP contribution in [0.4, 0.5) is 16.5 Å². The average molecular weight is 532 g/mol. The molecule has 11 heteroatoms. The van der Waals surface area contributed by atoms with Crippen molar-refractivity contribution in [2.45, 2.75) is 20.3 Å². The van der Waals surface area contributed by atoms with Gasteiger partial charge in [-0.15, -0.1) is 0 Å². The smallest absolute Gasteiger partial charge is 0.279 e. The second kappa shape index (κ2) is 10.7. The molecule has 2 aromatic carbocycles. The fraction of sp³-hybridized carbons (Fsp3) is 0.250. The molecule has 0 fully saturated rings. The van der Waals surface area contributed by atoms with Crippen molar-refractivity contribution in [3.63, 3.8) is 0 Å². The lowest BCUT2D eigenvalue weighted by Crippen LogP contribution is -2.28. The molecule has 1 aromatic heterocycles. The van der Waals surface area contributed by atoms with Crippen molar-refractivity contribution < 1.29 is 14.7 Å². The number of hydrogen-bond donors (Lipinski definition) is 3. The Morgan fingerprint density at radius 3 is 2.69 bits per heavy atom. The van der Waals surface area contributed by atoms with Gasteiger partial charge in [-0.25, -0.2) is 4.99 Å². The number of carbonyl (C=O) groups excluding carboxylic acids is 2. The highest BCUT2D eigenvalue weighted by Gasteiger charge is 2.25. The van der Waals surface area contributed by atoms with Gasteiger partial charge in [-0.2, -0.15) is 4.98 Å². The molecule has 0 unspecified atom stereocenters. The standard InChI is InChI=1S/C24H23Cl2N5O3S/c1-3-31(4-2)11-10-18(32)27-13-8-9-16-14(12-13)19(22(33)28-16)21-23(34)30-24(35-21)29-17-7-5-6-15(25)20(17)26/h5-9,12,34H,3-4,10-11H2,1-2H3,(H,27,32)(H,29,30). The van der Waals surface area contributed by atoms with Crippen molar-refractivity contribution >= 4 is 68.4 Å². The summed E-state index contributed by atoms with van der Waals surface area (Å²) in [4.78, 5) is 35.8. The maximum atomic E-state index is 12.7. The van der Waals surface area contributed by atoms with Gasteiger partial charge in [-0.05, 0) is 43.4 Å². The number of nitrogens with one attached hydrogen (secondary N) is 2. The van der Waals surface area contributed by atoms with E-state index in [4.69, 9.17) is 23.2 Å². The Balaban J connectivity index is 1.62. The average Bonchev–Trinajstić information content (AvgIpc) is 3.34. The minimum absolute atomic E-state index is 0.120. The number of benzene rings is 2. The second-order valence-electron chi connectivity index (χ2n) is 7.75. The fourth-order valence-corrected chi connectivity index (χ4v) is 4.95. The molecule has 0 saturated heterocycles. The number of halogens is 2. The molecule has 1 aliphatic heterocycles. The molecule has 2 heterocycles. The van der Waals surface area contributed by atoms with E-state index < -0.39 is 5.91 Å². The van der Waals surface area contributed by atoms with Crippen molar-refractivity contribution in [2.75, 3.05) is 30.3 Å². The van der Waals surface area contributed by atoms with Gasteiger partial charge in [0, 0.05) is 23.9 Å². The number of thiazole rings is 1. The highest BCUT2D eigenvalue weighted by molar-refractivity contribution is 7.17. The van der Waals surface area contributed by atoms with Gasteiger partial charge in [-0.3, -0.25) is 9.59 Å². The van der Waals surface area contributed by atoms with Crippen molar-refractivity contribution in [1.82, 2.24) is 9.88 Å². The first-order valence-electron chi connectivity index (χ1n) is 11.0. The lowest BCUT2D eigenvalue weighted by atomic mass is 10.1. The van der Waals surface area contributed by atoms with Gasteiger partial charge >= 0.3 is 0 Å². The van der Waals surface area contributed by atoms with Crippen LogP contribution in [0.3, 0.4) is 0 Å². The molecule has 35 heavy (non-hydrogen) atoms. The van der Waals surface area contributed by atoms with Crippen molar-refractivity contribution in [1.29, 1.82) is 0 Å². The zero-order chi connectivity index (χ0) is 25.1. The van der Waals surface area contributed by atoms with E-state index in [-0.39, 0.29) is 22.2 Å². The van der Waals surface area contributed by atoms with E-state index in [2.05, 4.69) is 39.4 Å². The predicted octanol–water partition coefficient (Wildman–Crippen LogP) is 3.93. The summed E-state index contributed by atoms with van der Waals surface area (Å²) in [5.41, 5.74) is 1.28. The zero-order valence-electron chi connectivity index (χ0n) is 19.1. The highest BCUT2D eigenvalue weighted by Crippen LogP contribution is 2.38. The lowest BCUT2D eigenvalue weighted by Gasteiger charge is -2.17. The van der Waals surface area contributed by atoms with Crippen LogP contribution < -0.4 is 21.2 Å². The second-order valence-corrected chi connectivity index (χ2v) is 9.53. The molecular formula is C24H23Cl2N5O3S. The number of rotatable bonds is 9. The van der Waals surface area contributed by atoms with E-state index in [0.717, 1.165) is 24.4 Å². The van der Waals surface area contributed by atoms with Crippen molar-refractivity contribution in [3.8, 4) is 5.88 Å². The molecule has 0 spiro atoms. The first-order valence-corrected chi connectivity index (χ1v) is 12.6. The van der Waals surface area contributed by atoms with Gasteiger partial charge in [0.1, 0.15) is 4.88 Å². The summed E-state index contributed by atoms with van der Waals surface area (Å²) in [5, 5.41) is 18.4. The van der Waals surface area contributed by atoms with Crippen LogP contribution in [0.5, 0.6) is 5.88 Å². The molecule has 3 aromatic rings. The van der Waals surface area contributed by atoms with Gasteiger partial charge < -0.3 is 20.6 Å². The Bertz CT molecular complexity index is 1420. The number of aromatic hydroxyl groups is 1. The number of aromatic nitrogens is 1. The Hall–Kier alpha value is -2.98. The number of nitrogens with zero attached hydrogens (tertiary/aromatic N) is 3. The van der Waals surface area contributed by atoms with Crippen LogP contribution in [0.25, 0.3) is 5.57 Å². The third-order valence-electron chi connectivity index (χ3n) is 5.56. The summed E-state index contributed by atoms with van der Waals surface area (Å²) in [5.74, 6) is -0.919. The Labute approximate surface area is 215 Å². The van der Waals surface area contributed by atoms with Crippen molar-refractivity contribution in [3.05, 3.63) is 61.9 Å². The van der Waals surface area contributed by atoms with Crippen LogP contribution in [0, 0.1) is 0 Å². The van der Waals surface area contributed by atoms with Crippen LogP contribution in [0.15, 0.2) is 41.4 Å². The number of amides is 2. The SMILES string of the molecule is CCN(CC)CCC(=O)Nc1ccc2c(c1)=C(c1sc(Nc3cccc(Cl)c3Cl)nc1O)C(=O)N=2. The van der Waals surface area contributed by atoms with E-state index in [1.165, 1.54) is 0 Å². The van der Waals surface area contributed by atoms with E-state index in [9.17, 15) is 14.7 Å². The molecule has 2 amide bonds. The molecule has 0 radical (unpaired) electrons. The van der Waals surface area contributed by atoms with Gasteiger partial charge in [0.2, 0.25) is 11.8 Å². The van der Waals surface area contributed by atoms with Crippen LogP contribution in [-0.4, -0.2) is 46.4 Å². The maximum absolute atomic E-state index is 12.7. The number of carbonyl (C=O) groups is 2. The van der Waals surface area contributed by atoms with Crippen LogP contribution in [-0.2, 0) is 9.59 Å². The Morgan fingerprint density at radius 1 is 1.17 bits per heavy atom. The molecule has 1 aliphatic rings. The number of fused-ring (bicyclic) bond motifs is 1. The minimum atomic E-state index is -0.490. The number of anilines is 3. The number of hydrogen-bond acceptors (Lipinski definition) is 7. The third-order valence-corrected chi connectivity index (χ3v) is 7.36. The molecule has 0 atom stereocenters. The summed E-state index contributed by atoms with van der Waals surface area (Å²) in [7, 11) is 0. The molecular weight excluding hydrogens is 509 g/mol. The van der Waals surface area contributed by atoms with Gasteiger partial charge in [0.15, 0.2) is 5.13 Å². The van der Waals surface area contributed by atoms with E-state index in [1.54, 1.807) is 36.4 Å². The minimum Gasteiger partial charge on any atom is -0.492 e. The Kier molecular flexibility index (Phi) is 7.71. The third kappa shape index (κ3) is 5.48. The quantitative estimate of drug-likeness (QED) is 0.386. The monoisotopic (exact) mass is 531 g/mol. The summed E-state index contributed by atoms with van der Waals surface area (Å²) in [6.45, 7) is 6.53. The van der Waals surface area contributed by atoms with E-state index in [0.29, 0.717) is 50.1 Å². The van der Waals surface area contributed by atoms with Crippen molar-refractivity contribution in [2.24, 2.45) is 4.99 Å². The highest BCUT2D eigenvalue weighted by atomic mass is 35.5. The van der Waals surface area contributed by atoms with E-state index in [1.807, 2.05) is 0 Å². The van der Waals surface area contributed by atoms with Crippen LogP contribution >= 0.6 is 34.5 Å². The maximum Gasteiger partial charge on any atom is 0.279 e. The summed E-state index contributed by atoms with van der Waals surface area (Å²) >= 11 is 13.4. The topological polar surface area (TPSA) is 107 Å². The van der Waals surface area contributed by atoms with Crippen LogP contribution in [0.1, 0.15) is 25.1 Å². The zero-order valence-corrected chi connectivity index (χ0v) is 21.4. The van der Waals surface area contributed by atoms with Gasteiger partial charge in [-0.1, -0.05) is 54.5 Å². The first-order chi connectivity index (χ1) is 16.8. The summed E-state index contributed by atoms with van der Waals surface area (Å²) < 4.78 is 0. The lowest BCUT2D eigenvalue weighted by molar-refractivity contribution is -0.116. The summed E-state index contributed by atoms with van der Waals surface area (Å²) in [6.07, 6.45) is 0.357. The molecule has 4 rings (SSSR count). The fourth-order valence-electron chi connectivity index (χ4n) is 3.68. The first kappa shape index (κ1) is 25.1. The largest absolute Gasteiger partial charge is 0.492 e. The van der Waals surface area contributed by atoms with Crippen LogP contribution in [0.2, 0.25) is 10.0 Å². The van der Waals surface area contributed by atoms with Gasteiger partial charge in [0.25, 0.3) is 5.91 Å². The van der Waals surface area contributed by atoms with Gasteiger partial charge in [0.05, 0.1) is 26.7 Å². The predicted molar refractivity (Wildman–Crippen MR) is 139 cm³/mol. The summed E-state index contributed by atoms with van der Waals surface area (Å²) in [6, 6.07) is 10.2. The molecule has 0 aliphatic carbocycles.